The third kappa shape index (κ3) is 4.50. The van der Waals surface area contributed by atoms with Crippen molar-refractivity contribution in [1.29, 1.82) is 0 Å². The fraction of sp³-hybridized carbons (Fsp3) is 0.462. The molecule has 0 saturated heterocycles. The van der Waals surface area contributed by atoms with E-state index < -0.39 is 10.0 Å². The molecule has 0 amide bonds. The van der Waals surface area contributed by atoms with Crippen LogP contribution in [0.25, 0.3) is 11.4 Å². The van der Waals surface area contributed by atoms with Crippen molar-refractivity contribution in [2.45, 2.75) is 19.9 Å². The first-order valence-corrected chi connectivity index (χ1v) is 8.58. The zero-order valence-corrected chi connectivity index (χ0v) is 13.4. The van der Waals surface area contributed by atoms with Gasteiger partial charge in [0.05, 0.1) is 24.8 Å². The summed E-state index contributed by atoms with van der Waals surface area (Å²) in [7, 11) is -1.58. The summed E-state index contributed by atoms with van der Waals surface area (Å²) in [5, 5.41) is 8.07. The van der Waals surface area contributed by atoms with Crippen LogP contribution in [0.5, 0.6) is 5.88 Å². The summed E-state index contributed by atoms with van der Waals surface area (Å²) in [4.78, 5) is 4.28. The largest absolute Gasteiger partial charge is 0.481 e. The van der Waals surface area contributed by atoms with Crippen LogP contribution in [0.15, 0.2) is 24.4 Å². The van der Waals surface area contributed by atoms with Crippen molar-refractivity contribution in [2.75, 3.05) is 19.4 Å². The van der Waals surface area contributed by atoms with E-state index in [0.29, 0.717) is 36.8 Å². The van der Waals surface area contributed by atoms with Crippen LogP contribution in [-0.2, 0) is 16.6 Å². The van der Waals surface area contributed by atoms with Gasteiger partial charge in [0.15, 0.2) is 0 Å². The molecule has 2 rings (SSSR count). The summed E-state index contributed by atoms with van der Waals surface area (Å²) < 4.78 is 31.8. The first kappa shape index (κ1) is 16.4. The number of hydrogen-bond acceptors (Lipinski definition) is 6. The van der Waals surface area contributed by atoms with Gasteiger partial charge in [0.2, 0.25) is 15.9 Å². The summed E-state index contributed by atoms with van der Waals surface area (Å²) in [6.07, 6.45) is 2.41. The first-order chi connectivity index (χ1) is 10.5. The molecule has 0 radical (unpaired) electrons. The number of ether oxygens (including phenoxy) is 1. The fourth-order valence-electron chi connectivity index (χ4n) is 1.77. The molecule has 0 atom stereocenters. The van der Waals surface area contributed by atoms with Crippen LogP contribution in [0.1, 0.15) is 13.3 Å². The lowest BCUT2D eigenvalue weighted by Crippen LogP contribution is -2.26. The van der Waals surface area contributed by atoms with Gasteiger partial charge in [0.25, 0.3) is 0 Å². The number of methoxy groups -OCH3 is 1. The normalized spacial score (nSPS) is 11.5. The molecule has 120 valence electrons. The minimum atomic E-state index is -3.14. The Hall–Kier alpha value is -2.00. The minimum absolute atomic E-state index is 0.0853. The third-order valence-corrected chi connectivity index (χ3v) is 4.40. The Morgan fingerprint density at radius 2 is 2.14 bits per heavy atom. The Balaban J connectivity index is 1.91. The molecule has 0 aromatic carbocycles. The van der Waals surface area contributed by atoms with Crippen LogP contribution in [0.3, 0.4) is 0 Å². The zero-order chi connectivity index (χ0) is 16.0. The molecule has 2 aromatic rings. The second-order valence-electron chi connectivity index (χ2n) is 4.58. The van der Waals surface area contributed by atoms with E-state index in [9.17, 15) is 8.42 Å². The van der Waals surface area contributed by atoms with Crippen molar-refractivity contribution in [2.24, 2.45) is 0 Å². The molecule has 1 N–H and O–H groups in total. The molecule has 0 aliphatic heterocycles. The molecule has 0 spiro atoms. The van der Waals surface area contributed by atoms with Gasteiger partial charge in [-0.2, -0.15) is 0 Å². The van der Waals surface area contributed by atoms with Crippen LogP contribution >= 0.6 is 0 Å². The van der Waals surface area contributed by atoms with Crippen molar-refractivity contribution < 1.29 is 13.2 Å². The second kappa shape index (κ2) is 7.32. The Morgan fingerprint density at radius 1 is 1.32 bits per heavy atom. The molecule has 0 aliphatic carbocycles. The molecule has 0 aliphatic rings. The van der Waals surface area contributed by atoms with Gasteiger partial charge in [-0.25, -0.2) is 18.1 Å². The zero-order valence-electron chi connectivity index (χ0n) is 12.6. The van der Waals surface area contributed by atoms with Crippen LogP contribution in [0.2, 0.25) is 0 Å². The molecule has 0 unspecified atom stereocenters. The molecule has 9 heteroatoms. The molecule has 0 fully saturated rings. The summed E-state index contributed by atoms with van der Waals surface area (Å²) in [6, 6.07) is 5.42. The lowest BCUT2D eigenvalue weighted by molar-refractivity contribution is 0.398. The van der Waals surface area contributed by atoms with E-state index in [1.54, 1.807) is 31.0 Å². The van der Waals surface area contributed by atoms with Gasteiger partial charge in [0.1, 0.15) is 5.69 Å². The second-order valence-corrected chi connectivity index (χ2v) is 6.68. The van der Waals surface area contributed by atoms with E-state index in [0.717, 1.165) is 0 Å². The van der Waals surface area contributed by atoms with Gasteiger partial charge < -0.3 is 4.74 Å². The van der Waals surface area contributed by atoms with E-state index in [4.69, 9.17) is 4.74 Å². The number of aromatic nitrogens is 4. The van der Waals surface area contributed by atoms with E-state index in [1.807, 2.05) is 12.1 Å². The highest BCUT2D eigenvalue weighted by Crippen LogP contribution is 2.16. The lowest BCUT2D eigenvalue weighted by Gasteiger charge is -2.03. The van der Waals surface area contributed by atoms with Crippen LogP contribution in [-0.4, -0.2) is 47.8 Å². The Morgan fingerprint density at radius 3 is 2.86 bits per heavy atom. The third-order valence-electron chi connectivity index (χ3n) is 3.00. The van der Waals surface area contributed by atoms with Crippen molar-refractivity contribution in [1.82, 2.24) is 24.7 Å². The van der Waals surface area contributed by atoms with Gasteiger partial charge in [-0.3, -0.25) is 4.68 Å². The number of rotatable bonds is 8. The van der Waals surface area contributed by atoms with Crippen molar-refractivity contribution in [3.8, 4) is 17.3 Å². The van der Waals surface area contributed by atoms with Gasteiger partial charge >= 0.3 is 0 Å². The smallest absolute Gasteiger partial charge is 0.213 e. The van der Waals surface area contributed by atoms with Crippen LogP contribution in [0, 0.1) is 0 Å². The highest BCUT2D eigenvalue weighted by atomic mass is 32.2. The van der Waals surface area contributed by atoms with Gasteiger partial charge in [-0.1, -0.05) is 11.3 Å². The van der Waals surface area contributed by atoms with E-state index in [-0.39, 0.29) is 5.75 Å². The lowest BCUT2D eigenvalue weighted by atomic mass is 10.3. The molecule has 2 heterocycles. The standard InChI is InChI=1S/C13H19N5O3S/c1-3-22(19,20)14-8-5-9-18-10-12(16-17-18)11-6-4-7-13(15-11)21-2/h4,6-7,10,14H,3,5,8-9H2,1-2H3. The highest BCUT2D eigenvalue weighted by molar-refractivity contribution is 7.89. The van der Waals surface area contributed by atoms with E-state index in [1.165, 1.54) is 0 Å². The van der Waals surface area contributed by atoms with Crippen molar-refractivity contribution in [3.63, 3.8) is 0 Å². The summed E-state index contributed by atoms with van der Waals surface area (Å²) in [6.45, 7) is 2.55. The Labute approximate surface area is 129 Å². The number of aryl methyl sites for hydroxylation is 1. The molecule has 0 bridgehead atoms. The van der Waals surface area contributed by atoms with Crippen molar-refractivity contribution in [3.05, 3.63) is 24.4 Å². The average Bonchev–Trinajstić information content (AvgIpc) is 3.00. The molecular formula is C13H19N5O3S. The summed E-state index contributed by atoms with van der Waals surface area (Å²) in [5.41, 5.74) is 1.32. The number of sulfonamides is 1. The Bertz CT molecular complexity index is 714. The maximum Gasteiger partial charge on any atom is 0.213 e. The molecule has 22 heavy (non-hydrogen) atoms. The monoisotopic (exact) mass is 325 g/mol. The fourth-order valence-corrected chi connectivity index (χ4v) is 2.43. The predicted octanol–water partition coefficient (Wildman–Crippen LogP) is 0.678. The number of pyridine rings is 1. The maximum atomic E-state index is 11.3. The average molecular weight is 325 g/mol. The number of nitrogens with zero attached hydrogens (tertiary/aromatic N) is 4. The molecule has 8 nitrogen and oxygen atoms in total. The topological polar surface area (TPSA) is 99.0 Å². The minimum Gasteiger partial charge on any atom is -0.481 e. The first-order valence-electron chi connectivity index (χ1n) is 6.93. The number of hydrogen-bond donors (Lipinski definition) is 1. The maximum absolute atomic E-state index is 11.3. The van der Waals surface area contributed by atoms with Gasteiger partial charge in [-0.15, -0.1) is 5.10 Å². The quantitative estimate of drug-likeness (QED) is 0.717. The number of nitrogens with one attached hydrogen (secondary N) is 1. The highest BCUT2D eigenvalue weighted by Gasteiger charge is 2.08. The molecule has 2 aromatic heterocycles. The van der Waals surface area contributed by atoms with Crippen LogP contribution < -0.4 is 9.46 Å². The van der Waals surface area contributed by atoms with Crippen molar-refractivity contribution >= 4 is 10.0 Å². The summed E-state index contributed by atoms with van der Waals surface area (Å²) >= 11 is 0. The van der Waals surface area contributed by atoms with Crippen LogP contribution in [0.4, 0.5) is 0 Å². The van der Waals surface area contributed by atoms with E-state index in [2.05, 4.69) is 20.0 Å². The van der Waals surface area contributed by atoms with Gasteiger partial charge in [-0.05, 0) is 19.4 Å². The van der Waals surface area contributed by atoms with E-state index >= 15 is 0 Å². The molecular weight excluding hydrogens is 306 g/mol. The SMILES string of the molecule is CCS(=O)(=O)NCCCn1cc(-c2cccc(OC)n2)nn1. The predicted molar refractivity (Wildman–Crippen MR) is 81.9 cm³/mol. The Kier molecular flexibility index (Phi) is 5.45. The van der Waals surface area contributed by atoms with Gasteiger partial charge in [0, 0.05) is 19.2 Å². The summed E-state index contributed by atoms with van der Waals surface area (Å²) in [5.74, 6) is 0.600. The molecule has 0 saturated carbocycles.